The summed E-state index contributed by atoms with van der Waals surface area (Å²) in [6.45, 7) is 1.49. The summed E-state index contributed by atoms with van der Waals surface area (Å²) >= 11 is 12.0. The van der Waals surface area contributed by atoms with Crippen LogP contribution in [0, 0.1) is 0 Å². The Morgan fingerprint density at radius 2 is 1.95 bits per heavy atom. The van der Waals surface area contributed by atoms with Crippen molar-refractivity contribution in [2.45, 2.75) is 18.9 Å². The number of carbonyl (C=O) groups is 2. The maximum atomic E-state index is 12.7. The minimum Gasteiger partial charge on any atom is -0.368 e. The fraction of sp³-hybridized carbons (Fsp3) is 0.429. The van der Waals surface area contributed by atoms with E-state index in [1.807, 2.05) is 0 Å². The highest BCUT2D eigenvalue weighted by Crippen LogP contribution is 2.24. The summed E-state index contributed by atoms with van der Waals surface area (Å²) in [5, 5.41) is 3.96. The van der Waals surface area contributed by atoms with Crippen molar-refractivity contribution in [2.75, 3.05) is 19.6 Å². The van der Waals surface area contributed by atoms with E-state index in [-0.39, 0.29) is 18.5 Å². The second-order valence-electron chi connectivity index (χ2n) is 5.00. The highest BCUT2D eigenvalue weighted by Gasteiger charge is 2.28. The Morgan fingerprint density at radius 3 is 2.57 bits per heavy atom. The molecule has 0 saturated carbocycles. The second-order valence-corrected chi connectivity index (χ2v) is 5.85. The van der Waals surface area contributed by atoms with Crippen molar-refractivity contribution in [3.8, 4) is 0 Å². The Bertz CT molecular complexity index is 545. The van der Waals surface area contributed by atoms with Gasteiger partial charge in [-0.05, 0) is 44.1 Å². The maximum Gasteiger partial charge on any atom is 0.256 e. The monoisotopic (exact) mass is 329 g/mol. The lowest BCUT2D eigenvalue weighted by atomic mass is 10.0. The molecule has 21 heavy (non-hydrogen) atoms. The number of primary amides is 1. The molecule has 1 aromatic rings. The van der Waals surface area contributed by atoms with Gasteiger partial charge in [-0.2, -0.15) is 0 Å². The van der Waals surface area contributed by atoms with Crippen LogP contribution in [0.1, 0.15) is 23.2 Å². The molecule has 0 radical (unpaired) electrons. The molecular formula is C14H17Cl2N3O2. The van der Waals surface area contributed by atoms with Crippen LogP contribution in [0.4, 0.5) is 0 Å². The molecule has 2 rings (SSSR count). The minimum absolute atomic E-state index is 0.0266. The summed E-state index contributed by atoms with van der Waals surface area (Å²) in [6, 6.07) is 4.67. The van der Waals surface area contributed by atoms with Crippen LogP contribution in [0.2, 0.25) is 10.0 Å². The lowest BCUT2D eigenvalue weighted by molar-refractivity contribution is -0.119. The number of amides is 2. The van der Waals surface area contributed by atoms with Crippen LogP contribution >= 0.6 is 23.2 Å². The second kappa shape index (κ2) is 7.11. The number of nitrogens with one attached hydrogen (secondary N) is 1. The van der Waals surface area contributed by atoms with Gasteiger partial charge in [-0.3, -0.25) is 9.59 Å². The Morgan fingerprint density at radius 1 is 1.29 bits per heavy atom. The lowest BCUT2D eigenvalue weighted by Gasteiger charge is -2.34. The molecule has 0 aliphatic carbocycles. The van der Waals surface area contributed by atoms with Crippen LogP contribution < -0.4 is 11.1 Å². The molecule has 1 heterocycles. The highest BCUT2D eigenvalue weighted by molar-refractivity contribution is 6.35. The van der Waals surface area contributed by atoms with Gasteiger partial charge in [0.25, 0.3) is 5.91 Å². The quantitative estimate of drug-likeness (QED) is 0.882. The van der Waals surface area contributed by atoms with Crippen LogP contribution in [0.15, 0.2) is 18.2 Å². The number of carbonyl (C=O) groups excluding carboxylic acids is 2. The third-order valence-electron chi connectivity index (χ3n) is 3.50. The summed E-state index contributed by atoms with van der Waals surface area (Å²) in [5.41, 5.74) is 5.57. The number of hydrogen-bond acceptors (Lipinski definition) is 3. The van der Waals surface area contributed by atoms with Crippen LogP contribution in [0.3, 0.4) is 0 Å². The van der Waals surface area contributed by atoms with Crippen LogP contribution in [-0.2, 0) is 4.79 Å². The van der Waals surface area contributed by atoms with E-state index in [0.717, 1.165) is 25.9 Å². The largest absolute Gasteiger partial charge is 0.368 e. The SMILES string of the molecule is NC(=O)CN(C(=O)c1cc(Cl)ccc1Cl)C1CCNCC1. The first kappa shape index (κ1) is 16.1. The smallest absolute Gasteiger partial charge is 0.256 e. The van der Waals surface area contributed by atoms with E-state index < -0.39 is 5.91 Å². The zero-order valence-electron chi connectivity index (χ0n) is 11.4. The van der Waals surface area contributed by atoms with Gasteiger partial charge in [0.1, 0.15) is 0 Å². The molecule has 1 saturated heterocycles. The van der Waals surface area contributed by atoms with Crippen molar-refractivity contribution in [1.29, 1.82) is 0 Å². The summed E-state index contributed by atoms with van der Waals surface area (Å²) < 4.78 is 0. The van der Waals surface area contributed by atoms with Gasteiger partial charge in [0, 0.05) is 11.1 Å². The molecule has 0 unspecified atom stereocenters. The van der Waals surface area contributed by atoms with Crippen molar-refractivity contribution in [3.63, 3.8) is 0 Å². The van der Waals surface area contributed by atoms with Crippen molar-refractivity contribution in [1.82, 2.24) is 10.2 Å². The van der Waals surface area contributed by atoms with E-state index in [4.69, 9.17) is 28.9 Å². The molecule has 1 fully saturated rings. The Hall–Kier alpha value is -1.30. The Balaban J connectivity index is 2.28. The van der Waals surface area contributed by atoms with E-state index >= 15 is 0 Å². The fourth-order valence-corrected chi connectivity index (χ4v) is 2.84. The molecule has 1 aromatic carbocycles. The number of benzene rings is 1. The third kappa shape index (κ3) is 4.09. The molecule has 3 N–H and O–H groups in total. The molecule has 0 atom stereocenters. The van der Waals surface area contributed by atoms with E-state index in [1.54, 1.807) is 12.1 Å². The third-order valence-corrected chi connectivity index (χ3v) is 4.06. The molecule has 1 aliphatic heterocycles. The van der Waals surface area contributed by atoms with Gasteiger partial charge in [0.2, 0.25) is 5.91 Å². The van der Waals surface area contributed by atoms with E-state index in [2.05, 4.69) is 5.32 Å². The number of nitrogens with two attached hydrogens (primary N) is 1. The standard InChI is InChI=1S/C14H17Cl2N3O2/c15-9-1-2-12(16)11(7-9)14(21)19(8-13(17)20)10-3-5-18-6-4-10/h1-2,7,10,18H,3-6,8H2,(H2,17,20). The summed E-state index contributed by atoms with van der Waals surface area (Å²) in [5.74, 6) is -0.853. The normalized spacial score (nSPS) is 15.7. The number of hydrogen-bond donors (Lipinski definition) is 2. The molecule has 2 amide bonds. The number of piperidine rings is 1. The van der Waals surface area contributed by atoms with Crippen molar-refractivity contribution >= 4 is 35.0 Å². The number of nitrogens with zero attached hydrogens (tertiary/aromatic N) is 1. The summed E-state index contributed by atoms with van der Waals surface area (Å²) in [4.78, 5) is 25.5. The Kier molecular flexibility index (Phi) is 5.45. The molecule has 7 heteroatoms. The van der Waals surface area contributed by atoms with Gasteiger partial charge in [0.05, 0.1) is 17.1 Å². The Labute approximate surface area is 133 Å². The molecule has 0 aromatic heterocycles. The van der Waals surface area contributed by atoms with Crippen molar-refractivity contribution in [2.24, 2.45) is 5.73 Å². The van der Waals surface area contributed by atoms with Gasteiger partial charge >= 0.3 is 0 Å². The lowest BCUT2D eigenvalue weighted by Crippen LogP contribution is -2.49. The van der Waals surface area contributed by atoms with Crippen LogP contribution in [0.5, 0.6) is 0 Å². The molecule has 5 nitrogen and oxygen atoms in total. The van der Waals surface area contributed by atoms with Crippen molar-refractivity contribution < 1.29 is 9.59 Å². The minimum atomic E-state index is -0.542. The maximum absolute atomic E-state index is 12.7. The van der Waals surface area contributed by atoms with E-state index in [9.17, 15) is 9.59 Å². The molecule has 0 bridgehead atoms. The number of rotatable bonds is 4. The molecular weight excluding hydrogens is 313 g/mol. The van der Waals surface area contributed by atoms with Gasteiger partial charge in [-0.1, -0.05) is 23.2 Å². The van der Waals surface area contributed by atoms with E-state index in [0.29, 0.717) is 15.6 Å². The van der Waals surface area contributed by atoms with Gasteiger partial charge < -0.3 is 16.0 Å². The summed E-state index contributed by atoms with van der Waals surface area (Å²) in [6.07, 6.45) is 1.55. The summed E-state index contributed by atoms with van der Waals surface area (Å²) in [7, 11) is 0. The van der Waals surface area contributed by atoms with Crippen molar-refractivity contribution in [3.05, 3.63) is 33.8 Å². The predicted molar refractivity (Wildman–Crippen MR) is 82.6 cm³/mol. The average molecular weight is 330 g/mol. The predicted octanol–water partition coefficient (Wildman–Crippen LogP) is 1.67. The van der Waals surface area contributed by atoms with Gasteiger partial charge in [-0.25, -0.2) is 0 Å². The van der Waals surface area contributed by atoms with Crippen LogP contribution in [-0.4, -0.2) is 42.4 Å². The first-order valence-electron chi connectivity index (χ1n) is 6.74. The first-order valence-corrected chi connectivity index (χ1v) is 7.49. The average Bonchev–Trinajstić information content (AvgIpc) is 2.47. The van der Waals surface area contributed by atoms with Crippen LogP contribution in [0.25, 0.3) is 0 Å². The molecule has 0 spiro atoms. The molecule has 114 valence electrons. The number of halogens is 2. The van der Waals surface area contributed by atoms with Gasteiger partial charge in [0.15, 0.2) is 0 Å². The fourth-order valence-electron chi connectivity index (χ4n) is 2.47. The van der Waals surface area contributed by atoms with Gasteiger partial charge in [-0.15, -0.1) is 0 Å². The molecule has 1 aliphatic rings. The first-order chi connectivity index (χ1) is 9.99. The highest BCUT2D eigenvalue weighted by atomic mass is 35.5. The zero-order chi connectivity index (χ0) is 15.4. The van der Waals surface area contributed by atoms with E-state index in [1.165, 1.54) is 11.0 Å². The topological polar surface area (TPSA) is 75.4 Å². The zero-order valence-corrected chi connectivity index (χ0v) is 13.0.